The first-order valence-corrected chi connectivity index (χ1v) is 6.87. The van der Waals surface area contributed by atoms with Crippen LogP contribution in [0.1, 0.15) is 58.8 Å². The quantitative estimate of drug-likeness (QED) is 0.587. The molecule has 1 aliphatic heterocycles. The van der Waals surface area contributed by atoms with E-state index in [1.54, 1.807) is 0 Å². The molecule has 0 amide bonds. The van der Waals surface area contributed by atoms with Gasteiger partial charge in [0.15, 0.2) is 0 Å². The molecule has 0 N–H and O–H groups in total. The van der Waals surface area contributed by atoms with Crippen LogP contribution in [0.2, 0.25) is 0 Å². The molecule has 0 radical (unpaired) electrons. The third kappa shape index (κ3) is 6.19. The highest BCUT2D eigenvalue weighted by Crippen LogP contribution is 2.22. The molecule has 0 atom stereocenters. The van der Waals surface area contributed by atoms with Gasteiger partial charge in [0, 0.05) is 0 Å². The van der Waals surface area contributed by atoms with E-state index >= 15 is 0 Å². The molecule has 0 aromatic rings. The Bertz CT molecular complexity index is 131. The number of hydrogen-bond donors (Lipinski definition) is 0. The number of piperidine rings is 1. The summed E-state index contributed by atoms with van der Waals surface area (Å²) in [5.41, 5.74) is 0. The van der Waals surface area contributed by atoms with E-state index in [0.717, 1.165) is 11.8 Å². The molecule has 1 aliphatic carbocycles. The Morgan fingerprint density at radius 2 is 1.20 bits per heavy atom. The van der Waals surface area contributed by atoms with Gasteiger partial charge in [-0.05, 0) is 44.8 Å². The van der Waals surface area contributed by atoms with E-state index in [2.05, 4.69) is 25.8 Å². The topological polar surface area (TPSA) is 3.24 Å². The van der Waals surface area contributed by atoms with Crippen LogP contribution in [0.5, 0.6) is 0 Å². The van der Waals surface area contributed by atoms with E-state index in [1.165, 1.54) is 58.0 Å². The Hall–Kier alpha value is -0.0400. The van der Waals surface area contributed by atoms with Gasteiger partial charge in [-0.2, -0.15) is 0 Å². The predicted octanol–water partition coefficient (Wildman–Crippen LogP) is 3.93. The van der Waals surface area contributed by atoms with E-state index < -0.39 is 0 Å². The first-order chi connectivity index (χ1) is 7.18. The molecule has 15 heavy (non-hydrogen) atoms. The predicted molar refractivity (Wildman–Crippen MR) is 68.1 cm³/mol. The smallest absolute Gasteiger partial charge is 0.00192 e. The van der Waals surface area contributed by atoms with E-state index in [1.807, 2.05) is 0 Å². The molecular formula is C14H29N. The number of rotatable bonds is 0. The molecule has 1 heteroatoms. The van der Waals surface area contributed by atoms with Gasteiger partial charge in [-0.15, -0.1) is 0 Å². The minimum atomic E-state index is 0.978. The highest BCUT2D eigenvalue weighted by molar-refractivity contribution is 4.65. The van der Waals surface area contributed by atoms with Gasteiger partial charge in [-0.1, -0.05) is 46.0 Å². The van der Waals surface area contributed by atoms with Crippen molar-refractivity contribution in [2.45, 2.75) is 58.8 Å². The lowest BCUT2D eigenvalue weighted by atomic mass is 9.91. The lowest BCUT2D eigenvalue weighted by Crippen LogP contribution is -2.28. The van der Waals surface area contributed by atoms with Crippen molar-refractivity contribution in [2.24, 2.45) is 11.8 Å². The molecule has 90 valence electrons. The van der Waals surface area contributed by atoms with Crippen molar-refractivity contribution >= 4 is 0 Å². The normalized spacial score (nSPS) is 25.8. The summed E-state index contributed by atoms with van der Waals surface area (Å²) in [6, 6.07) is 0. The first-order valence-electron chi connectivity index (χ1n) is 6.87. The molecule has 0 unspecified atom stereocenters. The van der Waals surface area contributed by atoms with Gasteiger partial charge in [0.1, 0.15) is 0 Å². The summed E-state index contributed by atoms with van der Waals surface area (Å²) in [7, 11) is 2.20. The van der Waals surface area contributed by atoms with Crippen LogP contribution in [0.3, 0.4) is 0 Å². The average molecular weight is 211 g/mol. The first kappa shape index (κ1) is 13.0. The fourth-order valence-electron chi connectivity index (χ4n) is 2.44. The minimum Gasteiger partial charge on any atom is -0.306 e. The van der Waals surface area contributed by atoms with Crippen molar-refractivity contribution < 1.29 is 0 Å². The fourth-order valence-corrected chi connectivity index (χ4v) is 2.44. The zero-order valence-corrected chi connectivity index (χ0v) is 11.0. The Morgan fingerprint density at radius 3 is 1.53 bits per heavy atom. The van der Waals surface area contributed by atoms with Crippen LogP contribution in [0.15, 0.2) is 0 Å². The van der Waals surface area contributed by atoms with Crippen LogP contribution in [-0.2, 0) is 0 Å². The lowest BCUT2D eigenvalue weighted by molar-refractivity contribution is 0.230. The van der Waals surface area contributed by atoms with Crippen molar-refractivity contribution in [1.29, 1.82) is 0 Å². The number of nitrogens with zero attached hydrogens (tertiary/aromatic N) is 1. The highest BCUT2D eigenvalue weighted by Gasteiger charge is 2.10. The molecule has 0 spiro atoms. The molecule has 0 aromatic carbocycles. The third-order valence-corrected chi connectivity index (χ3v) is 3.90. The van der Waals surface area contributed by atoms with Gasteiger partial charge in [0.05, 0.1) is 0 Å². The largest absolute Gasteiger partial charge is 0.306 e. The summed E-state index contributed by atoms with van der Waals surface area (Å²) in [6.07, 6.45) is 10.2. The van der Waals surface area contributed by atoms with Crippen LogP contribution < -0.4 is 0 Å². The zero-order valence-electron chi connectivity index (χ0n) is 11.0. The fraction of sp³-hybridized carbons (Fsp3) is 1.00. The molecule has 1 nitrogen and oxygen atoms in total. The third-order valence-electron chi connectivity index (χ3n) is 3.90. The second-order valence-corrected chi connectivity index (χ2v) is 5.73. The summed E-state index contributed by atoms with van der Waals surface area (Å²) in [4.78, 5) is 2.40. The van der Waals surface area contributed by atoms with Crippen molar-refractivity contribution in [3.05, 3.63) is 0 Å². The standard InChI is InChI=1S/C7H15N.C7H14/c1-7-3-5-8(2)6-4-7;1-7-5-3-2-4-6-7/h7H,3-6H2,1-2H3;7H,2-6H2,1H3. The lowest BCUT2D eigenvalue weighted by Gasteiger charge is -2.26. The minimum absolute atomic E-state index is 0.978. The molecule has 2 aliphatic rings. The summed E-state index contributed by atoms with van der Waals surface area (Å²) >= 11 is 0. The molecule has 1 saturated carbocycles. The highest BCUT2D eigenvalue weighted by atomic mass is 15.1. The average Bonchev–Trinajstić information content (AvgIpc) is 2.25. The van der Waals surface area contributed by atoms with Crippen LogP contribution >= 0.6 is 0 Å². The van der Waals surface area contributed by atoms with E-state index in [0.29, 0.717) is 0 Å². The number of hydrogen-bond acceptors (Lipinski definition) is 1. The summed E-state index contributed by atoms with van der Waals surface area (Å²) in [5.74, 6) is 2.01. The Labute approximate surface area is 96.2 Å². The van der Waals surface area contributed by atoms with E-state index in [-0.39, 0.29) is 0 Å². The maximum Gasteiger partial charge on any atom is -0.00192 e. The molecule has 0 bridgehead atoms. The Morgan fingerprint density at radius 1 is 0.733 bits per heavy atom. The zero-order chi connectivity index (χ0) is 11.1. The van der Waals surface area contributed by atoms with Crippen LogP contribution in [-0.4, -0.2) is 25.0 Å². The van der Waals surface area contributed by atoms with Gasteiger partial charge >= 0.3 is 0 Å². The van der Waals surface area contributed by atoms with Crippen molar-refractivity contribution in [3.8, 4) is 0 Å². The van der Waals surface area contributed by atoms with Crippen molar-refractivity contribution in [3.63, 3.8) is 0 Å². The van der Waals surface area contributed by atoms with Crippen LogP contribution in [0, 0.1) is 11.8 Å². The maximum absolute atomic E-state index is 2.40. The molecule has 0 aromatic heterocycles. The van der Waals surface area contributed by atoms with Gasteiger partial charge in [-0.3, -0.25) is 0 Å². The van der Waals surface area contributed by atoms with E-state index in [9.17, 15) is 0 Å². The van der Waals surface area contributed by atoms with Gasteiger partial charge in [0.25, 0.3) is 0 Å². The molecule has 1 heterocycles. The van der Waals surface area contributed by atoms with Crippen LogP contribution in [0.25, 0.3) is 0 Å². The second-order valence-electron chi connectivity index (χ2n) is 5.73. The van der Waals surface area contributed by atoms with Crippen molar-refractivity contribution in [1.82, 2.24) is 4.90 Å². The SMILES string of the molecule is CC1CCCCC1.CC1CCN(C)CC1. The molecule has 2 fully saturated rings. The summed E-state index contributed by atoms with van der Waals surface area (Å²) in [6.45, 7) is 7.31. The monoisotopic (exact) mass is 211 g/mol. The van der Waals surface area contributed by atoms with E-state index in [4.69, 9.17) is 0 Å². The summed E-state index contributed by atoms with van der Waals surface area (Å²) in [5, 5.41) is 0. The molecule has 2 rings (SSSR count). The Kier molecular flexibility index (Phi) is 6.31. The van der Waals surface area contributed by atoms with Crippen LogP contribution in [0.4, 0.5) is 0 Å². The number of likely N-dealkylation sites (tertiary alicyclic amines) is 1. The van der Waals surface area contributed by atoms with Gasteiger partial charge in [-0.25, -0.2) is 0 Å². The maximum atomic E-state index is 2.40. The Balaban J connectivity index is 0.000000151. The van der Waals surface area contributed by atoms with Gasteiger partial charge in [0.2, 0.25) is 0 Å². The summed E-state index contributed by atoms with van der Waals surface area (Å²) < 4.78 is 0. The second kappa shape index (κ2) is 7.27. The van der Waals surface area contributed by atoms with Gasteiger partial charge < -0.3 is 4.90 Å². The molecular weight excluding hydrogens is 182 g/mol. The molecule has 1 saturated heterocycles. The van der Waals surface area contributed by atoms with Crippen molar-refractivity contribution in [2.75, 3.05) is 20.1 Å².